The first kappa shape index (κ1) is 27.8. The number of aromatic nitrogens is 2. The molecule has 41 heavy (non-hydrogen) atoms. The Morgan fingerprint density at radius 1 is 1.15 bits per heavy atom. The molecule has 0 bridgehead atoms. The third-order valence-corrected chi connectivity index (χ3v) is 6.66. The first-order valence-corrected chi connectivity index (χ1v) is 12.6. The van der Waals surface area contributed by atoms with E-state index in [1.54, 1.807) is 12.1 Å². The normalized spacial score (nSPS) is 17.4. The van der Waals surface area contributed by atoms with Gasteiger partial charge in [0, 0.05) is 42.4 Å². The molecule has 8 nitrogen and oxygen atoms in total. The number of nitrogen functional groups attached to an aromatic ring is 1. The van der Waals surface area contributed by atoms with Gasteiger partial charge in [0.25, 0.3) is 5.91 Å². The molecule has 1 fully saturated rings. The van der Waals surface area contributed by atoms with Crippen LogP contribution < -0.4 is 11.1 Å². The van der Waals surface area contributed by atoms with Crippen LogP contribution in [0.1, 0.15) is 40.6 Å². The number of carbonyl (C=O) groups is 2. The number of carbonyl (C=O) groups excluding carboxylic acids is 2. The van der Waals surface area contributed by atoms with Gasteiger partial charge >= 0.3 is 6.18 Å². The maximum Gasteiger partial charge on any atom is 0.420 e. The van der Waals surface area contributed by atoms with Gasteiger partial charge < -0.3 is 20.4 Å². The summed E-state index contributed by atoms with van der Waals surface area (Å²) < 4.78 is 61.6. The summed E-state index contributed by atoms with van der Waals surface area (Å²) in [6, 6.07) is 10.0. The van der Waals surface area contributed by atoms with Crippen LogP contribution in [0.3, 0.4) is 0 Å². The third kappa shape index (κ3) is 6.37. The molecule has 4 heterocycles. The minimum absolute atomic E-state index is 0.0289. The maximum absolute atomic E-state index is 14.1. The summed E-state index contributed by atoms with van der Waals surface area (Å²) in [7, 11) is 0. The molecule has 3 aromatic heterocycles. The van der Waals surface area contributed by atoms with Crippen molar-refractivity contribution < 1.29 is 31.6 Å². The number of benzene rings is 1. The number of anilines is 1. The number of rotatable bonds is 6. The van der Waals surface area contributed by atoms with Crippen LogP contribution in [0.25, 0.3) is 28.3 Å². The number of hydrogen-bond donors (Lipinski definition) is 2. The van der Waals surface area contributed by atoms with Crippen molar-refractivity contribution in [3.05, 3.63) is 83.4 Å². The maximum atomic E-state index is 14.1. The average Bonchev–Trinajstić information content (AvgIpc) is 3.52. The largest absolute Gasteiger partial charge is 0.459 e. The number of nitrogens with one attached hydrogen (secondary N) is 1. The van der Waals surface area contributed by atoms with E-state index in [-0.39, 0.29) is 59.6 Å². The predicted octanol–water partition coefficient (Wildman–Crippen LogP) is 5.39. The Morgan fingerprint density at radius 2 is 1.95 bits per heavy atom. The smallest absolute Gasteiger partial charge is 0.420 e. The van der Waals surface area contributed by atoms with Crippen molar-refractivity contribution in [1.29, 1.82) is 0 Å². The Bertz CT molecular complexity index is 1630. The Morgan fingerprint density at radius 3 is 2.59 bits per heavy atom. The summed E-state index contributed by atoms with van der Waals surface area (Å²) in [4.78, 5) is 34.4. The zero-order valence-electron chi connectivity index (χ0n) is 21.8. The average molecular weight is 568 g/mol. The van der Waals surface area contributed by atoms with Gasteiger partial charge in [-0.3, -0.25) is 14.6 Å². The standard InChI is InChI=1S/C29H25F4N5O3/c1-28(30)8-9-38(16-28)27(40)18-4-5-23(35-14-18)19-10-20-11-21(41-26(20)22(12-19)29(31,32)33)15-37-25(39)7-3-17-2-6-24(34)36-13-17/h2-7,10-14H,8-9,15-16H2,1H3,(H2,34,36)(H,37,39)/b7-3-. The predicted molar refractivity (Wildman–Crippen MR) is 144 cm³/mol. The van der Waals surface area contributed by atoms with E-state index in [1.165, 1.54) is 60.6 Å². The van der Waals surface area contributed by atoms with Gasteiger partial charge in [-0.15, -0.1) is 0 Å². The molecule has 5 rings (SSSR count). The minimum Gasteiger partial charge on any atom is -0.459 e. The number of fused-ring (bicyclic) bond motifs is 1. The van der Waals surface area contributed by atoms with E-state index in [9.17, 15) is 27.2 Å². The van der Waals surface area contributed by atoms with E-state index in [4.69, 9.17) is 10.2 Å². The van der Waals surface area contributed by atoms with Crippen LogP contribution in [0, 0.1) is 0 Å². The lowest BCUT2D eigenvalue weighted by atomic mass is 10.0. The molecular formula is C29H25F4N5O3. The molecule has 0 radical (unpaired) electrons. The van der Waals surface area contributed by atoms with Crippen LogP contribution in [0.5, 0.6) is 0 Å². The highest BCUT2D eigenvalue weighted by Crippen LogP contribution is 2.39. The number of nitrogens with zero attached hydrogens (tertiary/aromatic N) is 3. The monoisotopic (exact) mass is 567 g/mol. The number of pyridine rings is 2. The van der Waals surface area contributed by atoms with E-state index in [0.717, 1.165) is 6.07 Å². The molecule has 1 aliphatic heterocycles. The molecule has 1 aromatic carbocycles. The summed E-state index contributed by atoms with van der Waals surface area (Å²) >= 11 is 0. The third-order valence-electron chi connectivity index (χ3n) is 6.66. The van der Waals surface area contributed by atoms with Crippen LogP contribution in [0.2, 0.25) is 0 Å². The lowest BCUT2D eigenvalue weighted by Gasteiger charge is -2.17. The van der Waals surface area contributed by atoms with Crippen LogP contribution in [0.15, 0.2) is 65.4 Å². The van der Waals surface area contributed by atoms with Gasteiger partial charge in [-0.25, -0.2) is 9.37 Å². The van der Waals surface area contributed by atoms with Crippen LogP contribution >= 0.6 is 0 Å². The fourth-order valence-electron chi connectivity index (χ4n) is 4.54. The van der Waals surface area contributed by atoms with Crippen molar-refractivity contribution in [1.82, 2.24) is 20.2 Å². The van der Waals surface area contributed by atoms with Crippen molar-refractivity contribution >= 4 is 34.7 Å². The quantitative estimate of drug-likeness (QED) is 0.238. The lowest BCUT2D eigenvalue weighted by Crippen LogP contribution is -2.31. The molecule has 1 aliphatic rings. The number of likely N-dealkylation sites (tertiary alicyclic amines) is 1. The van der Waals surface area contributed by atoms with Gasteiger partial charge in [-0.2, -0.15) is 13.2 Å². The van der Waals surface area contributed by atoms with Gasteiger partial charge in [0.1, 0.15) is 22.8 Å². The Hall–Kier alpha value is -4.74. The zero-order chi connectivity index (χ0) is 29.4. The number of nitrogens with two attached hydrogens (primary N) is 1. The molecule has 3 N–H and O–H groups in total. The second kappa shape index (κ2) is 10.7. The summed E-state index contributed by atoms with van der Waals surface area (Å²) in [6.45, 7) is 1.54. The highest BCUT2D eigenvalue weighted by Gasteiger charge is 2.37. The van der Waals surface area contributed by atoms with Crippen molar-refractivity contribution in [2.75, 3.05) is 18.8 Å². The van der Waals surface area contributed by atoms with Crippen LogP contribution in [0.4, 0.5) is 23.4 Å². The molecule has 0 saturated carbocycles. The molecular weight excluding hydrogens is 542 g/mol. The molecule has 1 saturated heterocycles. The number of amides is 2. The first-order valence-electron chi connectivity index (χ1n) is 12.6. The summed E-state index contributed by atoms with van der Waals surface area (Å²) in [5.41, 5.74) is 3.94. The molecule has 2 amide bonds. The van der Waals surface area contributed by atoms with Crippen molar-refractivity contribution in [3.8, 4) is 11.3 Å². The van der Waals surface area contributed by atoms with Gasteiger partial charge in [0.2, 0.25) is 5.91 Å². The molecule has 1 atom stereocenters. The van der Waals surface area contributed by atoms with E-state index in [2.05, 4.69) is 15.3 Å². The van der Waals surface area contributed by atoms with Crippen molar-refractivity contribution in [2.24, 2.45) is 0 Å². The minimum atomic E-state index is -4.73. The highest BCUT2D eigenvalue weighted by atomic mass is 19.4. The SMILES string of the molecule is CC1(F)CCN(C(=O)c2ccc(-c3cc(C(F)(F)F)c4oc(CNC(=O)/C=C\c5ccc(N)nc5)cc4c3)nc2)C1. The second-order valence-corrected chi connectivity index (χ2v) is 10.0. The number of hydrogen-bond acceptors (Lipinski definition) is 6. The van der Waals surface area contributed by atoms with Crippen LogP contribution in [-0.2, 0) is 17.5 Å². The van der Waals surface area contributed by atoms with Crippen LogP contribution in [-0.4, -0.2) is 45.4 Å². The second-order valence-electron chi connectivity index (χ2n) is 10.0. The zero-order valence-corrected chi connectivity index (χ0v) is 21.8. The van der Waals surface area contributed by atoms with E-state index in [1.807, 2.05) is 0 Å². The molecule has 0 aliphatic carbocycles. The lowest BCUT2D eigenvalue weighted by molar-refractivity contribution is -0.136. The number of alkyl halides is 4. The van der Waals surface area contributed by atoms with Crippen molar-refractivity contribution in [3.63, 3.8) is 0 Å². The fourth-order valence-corrected chi connectivity index (χ4v) is 4.54. The number of furan rings is 1. The molecule has 212 valence electrons. The molecule has 12 heteroatoms. The number of halogens is 4. The molecule has 0 spiro atoms. The summed E-state index contributed by atoms with van der Waals surface area (Å²) in [5.74, 6) is -0.413. The van der Waals surface area contributed by atoms with Gasteiger partial charge in [0.15, 0.2) is 0 Å². The first-order chi connectivity index (χ1) is 19.4. The van der Waals surface area contributed by atoms with Gasteiger partial charge in [0.05, 0.1) is 29.9 Å². The fraction of sp³-hybridized carbons (Fsp3) is 0.241. The van der Waals surface area contributed by atoms with Crippen molar-refractivity contribution in [2.45, 2.75) is 31.7 Å². The van der Waals surface area contributed by atoms with E-state index >= 15 is 0 Å². The Labute approximate surface area is 231 Å². The topological polar surface area (TPSA) is 114 Å². The summed E-state index contributed by atoms with van der Waals surface area (Å²) in [6.07, 6.45) is 1.04. The van der Waals surface area contributed by atoms with E-state index in [0.29, 0.717) is 11.4 Å². The van der Waals surface area contributed by atoms with Gasteiger partial charge in [-0.05, 0) is 61.0 Å². The molecule has 1 unspecified atom stereocenters. The Balaban J connectivity index is 1.34. The highest BCUT2D eigenvalue weighted by molar-refractivity contribution is 5.95. The molecule has 4 aromatic rings. The Kier molecular flexibility index (Phi) is 7.24. The summed E-state index contributed by atoms with van der Waals surface area (Å²) in [5, 5.41) is 2.74. The van der Waals surface area contributed by atoms with E-state index < -0.39 is 29.2 Å². The van der Waals surface area contributed by atoms with Gasteiger partial charge in [-0.1, -0.05) is 0 Å².